The van der Waals surface area contributed by atoms with E-state index in [0.717, 1.165) is 0 Å². The van der Waals surface area contributed by atoms with Crippen molar-refractivity contribution in [3.05, 3.63) is 53.8 Å². The summed E-state index contributed by atoms with van der Waals surface area (Å²) in [5.41, 5.74) is 0.500. The van der Waals surface area contributed by atoms with Gasteiger partial charge in [0.1, 0.15) is 5.82 Å². The van der Waals surface area contributed by atoms with Gasteiger partial charge in [-0.05, 0) is 49.2 Å². The highest BCUT2D eigenvalue weighted by Gasteiger charge is 2.20. The molecule has 1 N–H and O–H groups in total. The Labute approximate surface area is 163 Å². The molecule has 0 fully saturated rings. The van der Waals surface area contributed by atoms with Gasteiger partial charge in [0.25, 0.3) is 5.91 Å². The van der Waals surface area contributed by atoms with E-state index in [1.54, 1.807) is 6.07 Å². The van der Waals surface area contributed by atoms with Crippen molar-refractivity contribution in [2.45, 2.75) is 26.9 Å². The molecule has 150 valence electrons. The Morgan fingerprint density at radius 3 is 2.46 bits per heavy atom. The summed E-state index contributed by atoms with van der Waals surface area (Å²) in [6.45, 7) is 5.99. The van der Waals surface area contributed by atoms with Crippen LogP contribution in [0, 0.1) is 11.7 Å². The molecular formula is C21H24FNO5. The average Bonchev–Trinajstić information content (AvgIpc) is 2.65. The first-order valence-electron chi connectivity index (χ1n) is 8.88. The molecule has 0 unspecified atom stereocenters. The zero-order valence-electron chi connectivity index (χ0n) is 16.3. The molecule has 2 aromatic carbocycles. The van der Waals surface area contributed by atoms with Crippen molar-refractivity contribution in [1.29, 1.82) is 0 Å². The lowest BCUT2D eigenvalue weighted by Crippen LogP contribution is -2.30. The molecule has 1 amide bonds. The Morgan fingerprint density at radius 2 is 1.82 bits per heavy atom. The summed E-state index contributed by atoms with van der Waals surface area (Å²) in [5.74, 6) is -0.476. The molecule has 6 nitrogen and oxygen atoms in total. The van der Waals surface area contributed by atoms with E-state index in [2.05, 4.69) is 5.32 Å². The minimum atomic E-state index is -1.07. The van der Waals surface area contributed by atoms with E-state index < -0.39 is 23.8 Å². The van der Waals surface area contributed by atoms with E-state index >= 15 is 0 Å². The summed E-state index contributed by atoms with van der Waals surface area (Å²) >= 11 is 0. The SMILES string of the molecule is COc1cc(C(=O)O[C@@H](C)C(=O)Nc2cccc(F)c2)ccc1OCC(C)C. The number of esters is 1. The average molecular weight is 389 g/mol. The van der Waals surface area contributed by atoms with E-state index in [0.29, 0.717) is 24.0 Å². The molecule has 2 aromatic rings. The second-order valence-corrected chi connectivity index (χ2v) is 6.62. The van der Waals surface area contributed by atoms with Crippen molar-refractivity contribution in [1.82, 2.24) is 0 Å². The van der Waals surface area contributed by atoms with Gasteiger partial charge in [0.2, 0.25) is 0 Å². The lowest BCUT2D eigenvalue weighted by Gasteiger charge is -2.15. The van der Waals surface area contributed by atoms with Crippen LogP contribution in [0.15, 0.2) is 42.5 Å². The Bertz CT molecular complexity index is 837. The van der Waals surface area contributed by atoms with Gasteiger partial charge in [-0.1, -0.05) is 19.9 Å². The van der Waals surface area contributed by atoms with Crippen LogP contribution in [0.4, 0.5) is 10.1 Å². The summed E-state index contributed by atoms with van der Waals surface area (Å²) in [6, 6.07) is 10.1. The number of anilines is 1. The maximum Gasteiger partial charge on any atom is 0.339 e. The van der Waals surface area contributed by atoms with Crippen LogP contribution in [0.5, 0.6) is 11.5 Å². The highest BCUT2D eigenvalue weighted by Crippen LogP contribution is 2.29. The summed E-state index contributed by atoms with van der Waals surface area (Å²) in [7, 11) is 1.47. The van der Waals surface area contributed by atoms with Crippen molar-refractivity contribution < 1.29 is 28.2 Å². The monoisotopic (exact) mass is 389 g/mol. The number of hydrogen-bond donors (Lipinski definition) is 1. The van der Waals surface area contributed by atoms with Gasteiger partial charge in [0, 0.05) is 5.69 Å². The van der Waals surface area contributed by atoms with Crippen molar-refractivity contribution in [3.8, 4) is 11.5 Å². The highest BCUT2D eigenvalue weighted by atomic mass is 19.1. The smallest absolute Gasteiger partial charge is 0.339 e. The largest absolute Gasteiger partial charge is 0.493 e. The number of nitrogens with one attached hydrogen (secondary N) is 1. The van der Waals surface area contributed by atoms with E-state index in [1.165, 1.54) is 50.4 Å². The predicted octanol–water partition coefficient (Wildman–Crippen LogP) is 4.05. The molecule has 0 aliphatic carbocycles. The molecule has 0 bridgehead atoms. The molecule has 0 heterocycles. The van der Waals surface area contributed by atoms with Crippen molar-refractivity contribution in [2.75, 3.05) is 19.0 Å². The number of benzene rings is 2. The van der Waals surface area contributed by atoms with Crippen LogP contribution >= 0.6 is 0 Å². The summed E-state index contributed by atoms with van der Waals surface area (Å²) < 4.78 is 29.3. The minimum Gasteiger partial charge on any atom is -0.493 e. The van der Waals surface area contributed by atoms with E-state index in [1.807, 2.05) is 13.8 Å². The van der Waals surface area contributed by atoms with Crippen LogP contribution in [-0.2, 0) is 9.53 Å². The molecule has 28 heavy (non-hydrogen) atoms. The molecule has 0 spiro atoms. The van der Waals surface area contributed by atoms with E-state index in [-0.39, 0.29) is 11.3 Å². The van der Waals surface area contributed by atoms with Gasteiger partial charge in [-0.15, -0.1) is 0 Å². The summed E-state index contributed by atoms with van der Waals surface area (Å²) in [4.78, 5) is 24.5. The topological polar surface area (TPSA) is 73.9 Å². The van der Waals surface area contributed by atoms with Gasteiger partial charge in [-0.25, -0.2) is 9.18 Å². The lowest BCUT2D eigenvalue weighted by atomic mass is 10.2. The second-order valence-electron chi connectivity index (χ2n) is 6.62. The number of amides is 1. The standard InChI is InChI=1S/C21H24FNO5/c1-13(2)12-27-18-9-8-15(10-19(18)26-4)21(25)28-14(3)20(24)23-17-7-5-6-16(22)11-17/h5-11,13-14H,12H2,1-4H3,(H,23,24)/t14-/m0/s1. The molecule has 0 aliphatic heterocycles. The number of carbonyl (C=O) groups is 2. The first-order valence-corrected chi connectivity index (χ1v) is 8.88. The third-order valence-corrected chi connectivity index (χ3v) is 3.72. The van der Waals surface area contributed by atoms with Crippen LogP contribution in [0.25, 0.3) is 0 Å². The normalized spacial score (nSPS) is 11.6. The number of hydrogen-bond acceptors (Lipinski definition) is 5. The first kappa shape index (κ1) is 21.2. The molecular weight excluding hydrogens is 365 g/mol. The molecule has 7 heteroatoms. The minimum absolute atomic E-state index is 0.221. The number of halogens is 1. The van der Waals surface area contributed by atoms with Crippen LogP contribution in [0.2, 0.25) is 0 Å². The Kier molecular flexibility index (Phi) is 7.37. The third kappa shape index (κ3) is 5.97. The van der Waals surface area contributed by atoms with Gasteiger partial charge >= 0.3 is 5.97 Å². The van der Waals surface area contributed by atoms with Gasteiger partial charge in [0.05, 0.1) is 19.3 Å². The highest BCUT2D eigenvalue weighted by molar-refractivity contribution is 5.97. The molecule has 0 aromatic heterocycles. The molecule has 1 atom stereocenters. The van der Waals surface area contributed by atoms with Crippen molar-refractivity contribution >= 4 is 17.6 Å². The third-order valence-electron chi connectivity index (χ3n) is 3.72. The number of rotatable bonds is 8. The van der Waals surface area contributed by atoms with Crippen LogP contribution in [0.3, 0.4) is 0 Å². The van der Waals surface area contributed by atoms with Gasteiger partial charge in [-0.3, -0.25) is 4.79 Å². The van der Waals surface area contributed by atoms with Gasteiger partial charge in [-0.2, -0.15) is 0 Å². The first-order chi connectivity index (χ1) is 13.3. The molecule has 2 rings (SSSR count). The summed E-state index contributed by atoms with van der Waals surface area (Å²) in [5, 5.41) is 2.50. The zero-order valence-corrected chi connectivity index (χ0v) is 16.3. The van der Waals surface area contributed by atoms with Gasteiger partial charge < -0.3 is 19.5 Å². The van der Waals surface area contributed by atoms with Crippen LogP contribution in [-0.4, -0.2) is 31.7 Å². The Balaban J connectivity index is 2.01. The summed E-state index contributed by atoms with van der Waals surface area (Å²) in [6.07, 6.45) is -1.07. The lowest BCUT2D eigenvalue weighted by molar-refractivity contribution is -0.123. The fraction of sp³-hybridized carbons (Fsp3) is 0.333. The predicted molar refractivity (Wildman–Crippen MR) is 103 cm³/mol. The fourth-order valence-corrected chi connectivity index (χ4v) is 2.26. The maximum absolute atomic E-state index is 13.2. The number of methoxy groups -OCH3 is 1. The number of carbonyl (C=O) groups excluding carboxylic acids is 2. The number of ether oxygens (including phenoxy) is 3. The Morgan fingerprint density at radius 1 is 1.07 bits per heavy atom. The van der Waals surface area contributed by atoms with Gasteiger partial charge in [0.15, 0.2) is 17.6 Å². The second kappa shape index (κ2) is 9.73. The van der Waals surface area contributed by atoms with Crippen LogP contribution in [0.1, 0.15) is 31.1 Å². The van der Waals surface area contributed by atoms with E-state index in [4.69, 9.17) is 14.2 Å². The van der Waals surface area contributed by atoms with Crippen LogP contribution < -0.4 is 14.8 Å². The Hall–Kier alpha value is -3.09. The zero-order chi connectivity index (χ0) is 20.7. The van der Waals surface area contributed by atoms with Crippen molar-refractivity contribution in [3.63, 3.8) is 0 Å². The van der Waals surface area contributed by atoms with Crippen molar-refractivity contribution in [2.24, 2.45) is 5.92 Å². The fourth-order valence-electron chi connectivity index (χ4n) is 2.26. The molecule has 0 radical (unpaired) electrons. The van der Waals surface area contributed by atoms with E-state index in [9.17, 15) is 14.0 Å². The maximum atomic E-state index is 13.2. The molecule has 0 saturated carbocycles. The quantitative estimate of drug-likeness (QED) is 0.690. The molecule has 0 saturated heterocycles. The molecule has 0 aliphatic rings.